The topological polar surface area (TPSA) is 35.8 Å². The van der Waals surface area contributed by atoms with E-state index in [0.717, 1.165) is 12.8 Å². The molecule has 0 heterocycles. The summed E-state index contributed by atoms with van der Waals surface area (Å²) >= 11 is 0. The van der Waals surface area contributed by atoms with Crippen LogP contribution in [0, 0.1) is 29.5 Å². The first-order chi connectivity index (χ1) is 7.71. The molecule has 1 aromatic carbocycles. The van der Waals surface area contributed by atoms with Crippen molar-refractivity contribution in [1.82, 2.24) is 0 Å². The number of hydrogen-bond donors (Lipinski definition) is 1. The van der Waals surface area contributed by atoms with Crippen LogP contribution in [0.3, 0.4) is 0 Å². The van der Waals surface area contributed by atoms with Crippen LogP contribution in [-0.4, -0.2) is 6.04 Å². The Hall–Kier alpha value is -2.00. The first-order valence-corrected chi connectivity index (χ1v) is 5.13. The minimum Gasteiger partial charge on any atom is -0.369 e. The normalized spacial score (nSPS) is 11.2. The zero-order chi connectivity index (χ0) is 12.0. The van der Waals surface area contributed by atoms with Crippen LogP contribution in [0.5, 0.6) is 0 Å². The Bertz CT molecular complexity index is 440. The molecule has 0 saturated heterocycles. The standard InChI is InChI=1S/C13H13FN2/c1-3-5-11(4-2)16-13-7-6-10(9-15)8-12(13)14/h2,6-8,11,16H,3,5H2,1H3. The molecule has 0 spiro atoms. The maximum absolute atomic E-state index is 13.5. The zero-order valence-electron chi connectivity index (χ0n) is 9.13. The molecule has 1 aromatic rings. The molecular weight excluding hydrogens is 203 g/mol. The molecule has 0 radical (unpaired) electrons. The van der Waals surface area contributed by atoms with Crippen LogP contribution in [0.4, 0.5) is 10.1 Å². The van der Waals surface area contributed by atoms with E-state index in [1.807, 2.05) is 13.0 Å². The highest BCUT2D eigenvalue weighted by Crippen LogP contribution is 2.17. The smallest absolute Gasteiger partial charge is 0.147 e. The van der Waals surface area contributed by atoms with Gasteiger partial charge in [0.05, 0.1) is 23.4 Å². The Kier molecular flexibility index (Phi) is 4.36. The van der Waals surface area contributed by atoms with Gasteiger partial charge in [-0.1, -0.05) is 19.3 Å². The number of hydrogen-bond acceptors (Lipinski definition) is 2. The van der Waals surface area contributed by atoms with Crippen LogP contribution in [0.1, 0.15) is 25.3 Å². The number of rotatable bonds is 4. The van der Waals surface area contributed by atoms with Gasteiger partial charge in [0.15, 0.2) is 0 Å². The van der Waals surface area contributed by atoms with E-state index >= 15 is 0 Å². The van der Waals surface area contributed by atoms with E-state index in [1.165, 1.54) is 12.1 Å². The summed E-state index contributed by atoms with van der Waals surface area (Å²) in [7, 11) is 0. The third kappa shape index (κ3) is 3.00. The monoisotopic (exact) mass is 216 g/mol. The predicted molar refractivity (Wildman–Crippen MR) is 62.3 cm³/mol. The van der Waals surface area contributed by atoms with Gasteiger partial charge in [-0.25, -0.2) is 4.39 Å². The van der Waals surface area contributed by atoms with Gasteiger partial charge in [0, 0.05) is 0 Å². The molecule has 0 fully saturated rings. The van der Waals surface area contributed by atoms with Crippen molar-refractivity contribution in [3.63, 3.8) is 0 Å². The van der Waals surface area contributed by atoms with E-state index in [1.54, 1.807) is 6.07 Å². The predicted octanol–water partition coefficient (Wildman–Crippen LogP) is 2.91. The molecule has 0 bridgehead atoms. The lowest BCUT2D eigenvalue weighted by molar-refractivity contribution is 0.626. The number of anilines is 1. The summed E-state index contributed by atoms with van der Waals surface area (Å²) in [5.41, 5.74) is 0.645. The fourth-order valence-electron chi connectivity index (χ4n) is 1.38. The van der Waals surface area contributed by atoms with Gasteiger partial charge in [-0.3, -0.25) is 0 Å². The van der Waals surface area contributed by atoms with E-state index in [4.69, 9.17) is 11.7 Å². The average molecular weight is 216 g/mol. The van der Waals surface area contributed by atoms with Crippen molar-refractivity contribution >= 4 is 5.69 Å². The molecule has 82 valence electrons. The molecule has 1 unspecified atom stereocenters. The van der Waals surface area contributed by atoms with Gasteiger partial charge in [-0.05, 0) is 24.6 Å². The lowest BCUT2D eigenvalue weighted by Gasteiger charge is -2.14. The molecule has 2 nitrogen and oxygen atoms in total. The molecule has 16 heavy (non-hydrogen) atoms. The fourth-order valence-corrected chi connectivity index (χ4v) is 1.38. The summed E-state index contributed by atoms with van der Waals surface area (Å²) in [6.07, 6.45) is 7.04. The first-order valence-electron chi connectivity index (χ1n) is 5.13. The Labute approximate surface area is 95.1 Å². The van der Waals surface area contributed by atoms with Crippen molar-refractivity contribution < 1.29 is 4.39 Å². The number of benzene rings is 1. The largest absolute Gasteiger partial charge is 0.369 e. The number of nitrogens with zero attached hydrogens (tertiary/aromatic N) is 1. The number of nitriles is 1. The van der Waals surface area contributed by atoms with E-state index in [9.17, 15) is 4.39 Å². The first kappa shape index (κ1) is 12.1. The quantitative estimate of drug-likeness (QED) is 0.785. The molecular formula is C13H13FN2. The van der Waals surface area contributed by atoms with Crippen LogP contribution >= 0.6 is 0 Å². The maximum atomic E-state index is 13.5. The van der Waals surface area contributed by atoms with Crippen molar-refractivity contribution in [3.8, 4) is 18.4 Å². The SMILES string of the molecule is C#CC(CCC)Nc1ccc(C#N)cc1F. The zero-order valence-corrected chi connectivity index (χ0v) is 9.13. The van der Waals surface area contributed by atoms with Gasteiger partial charge in [0.1, 0.15) is 5.82 Å². The van der Waals surface area contributed by atoms with Gasteiger partial charge in [-0.2, -0.15) is 5.26 Å². The summed E-state index contributed by atoms with van der Waals surface area (Å²) in [6.45, 7) is 2.02. The van der Waals surface area contributed by atoms with Crippen molar-refractivity contribution in [3.05, 3.63) is 29.6 Å². The van der Waals surface area contributed by atoms with Crippen molar-refractivity contribution in [2.24, 2.45) is 0 Å². The highest BCUT2D eigenvalue weighted by atomic mass is 19.1. The third-order valence-corrected chi connectivity index (χ3v) is 2.21. The lowest BCUT2D eigenvalue weighted by Crippen LogP contribution is -2.17. The highest BCUT2D eigenvalue weighted by molar-refractivity contribution is 5.50. The van der Waals surface area contributed by atoms with Crippen LogP contribution in [0.15, 0.2) is 18.2 Å². The van der Waals surface area contributed by atoms with Gasteiger partial charge >= 0.3 is 0 Å². The van der Waals surface area contributed by atoms with Crippen molar-refractivity contribution in [2.45, 2.75) is 25.8 Å². The minimum absolute atomic E-state index is 0.174. The highest BCUT2D eigenvalue weighted by Gasteiger charge is 2.08. The second-order valence-electron chi connectivity index (χ2n) is 3.46. The summed E-state index contributed by atoms with van der Waals surface area (Å²) in [6, 6.07) is 6.00. The van der Waals surface area contributed by atoms with Gasteiger partial charge in [-0.15, -0.1) is 6.42 Å². The Morgan fingerprint density at radius 1 is 1.56 bits per heavy atom. The summed E-state index contributed by atoms with van der Waals surface area (Å²) in [4.78, 5) is 0. The molecule has 0 saturated carbocycles. The van der Waals surface area contributed by atoms with Crippen molar-refractivity contribution in [2.75, 3.05) is 5.32 Å². The second kappa shape index (κ2) is 5.78. The molecule has 0 aliphatic carbocycles. The second-order valence-corrected chi connectivity index (χ2v) is 3.46. The van der Waals surface area contributed by atoms with E-state index in [2.05, 4.69) is 11.2 Å². The molecule has 0 aliphatic rings. The van der Waals surface area contributed by atoms with Gasteiger partial charge in [0.2, 0.25) is 0 Å². The Morgan fingerprint density at radius 3 is 2.81 bits per heavy atom. The molecule has 1 rings (SSSR count). The van der Waals surface area contributed by atoms with E-state index in [-0.39, 0.29) is 6.04 Å². The van der Waals surface area contributed by atoms with Crippen molar-refractivity contribution in [1.29, 1.82) is 5.26 Å². The number of nitrogens with one attached hydrogen (secondary N) is 1. The summed E-state index contributed by atoms with van der Waals surface area (Å²) < 4.78 is 13.5. The average Bonchev–Trinajstić information content (AvgIpc) is 2.30. The molecule has 3 heteroatoms. The summed E-state index contributed by atoms with van der Waals surface area (Å²) in [5, 5.41) is 11.5. The number of halogens is 1. The fraction of sp³-hybridized carbons (Fsp3) is 0.308. The molecule has 0 aliphatic heterocycles. The molecule has 1 atom stereocenters. The van der Waals surface area contributed by atoms with Gasteiger partial charge < -0.3 is 5.32 Å². The molecule has 1 N–H and O–H groups in total. The Morgan fingerprint density at radius 2 is 2.31 bits per heavy atom. The third-order valence-electron chi connectivity index (χ3n) is 2.21. The Balaban J connectivity index is 2.82. The van der Waals surface area contributed by atoms with Gasteiger partial charge in [0.25, 0.3) is 0 Å². The molecule has 0 aromatic heterocycles. The van der Waals surface area contributed by atoms with Crippen LogP contribution in [0.2, 0.25) is 0 Å². The number of terminal acetylenes is 1. The maximum Gasteiger partial charge on any atom is 0.147 e. The van der Waals surface area contributed by atoms with Crippen LogP contribution in [-0.2, 0) is 0 Å². The minimum atomic E-state index is -0.449. The van der Waals surface area contributed by atoms with E-state index < -0.39 is 5.82 Å². The molecule has 0 amide bonds. The van der Waals surface area contributed by atoms with E-state index in [0.29, 0.717) is 11.3 Å². The lowest BCUT2D eigenvalue weighted by atomic mass is 10.1. The van der Waals surface area contributed by atoms with Crippen LogP contribution in [0.25, 0.3) is 0 Å². The van der Waals surface area contributed by atoms with Crippen LogP contribution < -0.4 is 5.32 Å². The summed E-state index contributed by atoms with van der Waals surface area (Å²) in [5.74, 6) is 2.12.